The topological polar surface area (TPSA) is 64.7 Å². The molecule has 0 atom stereocenters. The average molecular weight is 434 g/mol. The van der Waals surface area contributed by atoms with Gasteiger partial charge < -0.3 is 4.52 Å². The van der Waals surface area contributed by atoms with Crippen molar-refractivity contribution >= 4 is 11.8 Å². The molecule has 29 heavy (non-hydrogen) atoms. The number of thioether (sulfide) groups is 1. The van der Waals surface area contributed by atoms with Gasteiger partial charge in [-0.3, -0.25) is 0 Å². The number of hydrogen-bond acceptors (Lipinski definition) is 6. The monoisotopic (exact) mass is 434 g/mol. The van der Waals surface area contributed by atoms with Crippen LogP contribution in [0.15, 0.2) is 34.1 Å². The first-order chi connectivity index (χ1) is 13.4. The molecule has 0 aliphatic heterocycles. The quantitative estimate of drug-likeness (QED) is 0.308. The second-order valence-electron chi connectivity index (χ2n) is 6.02. The predicted octanol–water partition coefficient (Wildman–Crippen LogP) is 5.47. The first-order valence-corrected chi connectivity index (χ1v) is 8.97. The number of rotatable bonds is 4. The largest absolute Gasteiger partial charge is 0.416 e. The van der Waals surface area contributed by atoms with Crippen molar-refractivity contribution in [2.45, 2.75) is 37.1 Å². The summed E-state index contributed by atoms with van der Waals surface area (Å²) in [5, 5.41) is 4.03. The Bertz CT molecular complexity index is 999. The maximum Gasteiger partial charge on any atom is 0.416 e. The van der Waals surface area contributed by atoms with Crippen LogP contribution in [0.1, 0.15) is 28.2 Å². The number of benzene rings is 1. The summed E-state index contributed by atoms with van der Waals surface area (Å²) < 4.78 is 82.7. The van der Waals surface area contributed by atoms with E-state index in [1.807, 2.05) is 6.92 Å². The van der Waals surface area contributed by atoms with Crippen molar-refractivity contribution in [2.24, 2.45) is 0 Å². The van der Waals surface area contributed by atoms with Crippen molar-refractivity contribution in [3.8, 4) is 11.5 Å². The van der Waals surface area contributed by atoms with E-state index in [-0.39, 0.29) is 17.6 Å². The van der Waals surface area contributed by atoms with E-state index in [1.54, 1.807) is 13.1 Å². The molecule has 0 saturated heterocycles. The van der Waals surface area contributed by atoms with Gasteiger partial charge in [-0.15, -0.1) is 0 Å². The molecule has 2 heterocycles. The van der Waals surface area contributed by atoms with E-state index in [9.17, 15) is 26.3 Å². The molecule has 0 aliphatic rings. The van der Waals surface area contributed by atoms with Gasteiger partial charge in [0.15, 0.2) is 11.0 Å². The number of aryl methyl sites for hydroxylation is 2. The summed E-state index contributed by atoms with van der Waals surface area (Å²) in [5.74, 6) is -0.243. The van der Waals surface area contributed by atoms with E-state index in [0.29, 0.717) is 17.3 Å². The van der Waals surface area contributed by atoms with Gasteiger partial charge in [0.1, 0.15) is 0 Å². The number of alkyl halides is 6. The first-order valence-electron chi connectivity index (χ1n) is 7.99. The van der Waals surface area contributed by atoms with Crippen LogP contribution in [-0.4, -0.2) is 20.1 Å². The Morgan fingerprint density at radius 2 is 1.55 bits per heavy atom. The van der Waals surface area contributed by atoms with Crippen molar-refractivity contribution in [2.75, 3.05) is 0 Å². The molecule has 5 nitrogen and oxygen atoms in total. The molecule has 0 N–H and O–H groups in total. The molecule has 0 unspecified atom stereocenters. The summed E-state index contributed by atoms with van der Waals surface area (Å²) in [6.07, 6.45) is -8.29. The average Bonchev–Trinajstić information content (AvgIpc) is 3.10. The molecule has 0 aliphatic carbocycles. The van der Waals surface area contributed by atoms with Crippen LogP contribution in [0.2, 0.25) is 0 Å². The smallest absolute Gasteiger partial charge is 0.334 e. The van der Waals surface area contributed by atoms with Crippen molar-refractivity contribution in [3.63, 3.8) is 0 Å². The van der Waals surface area contributed by atoms with Crippen LogP contribution in [0.25, 0.3) is 11.5 Å². The summed E-state index contributed by atoms with van der Waals surface area (Å²) in [6.45, 7) is 3.65. The Morgan fingerprint density at radius 3 is 2.10 bits per heavy atom. The molecule has 3 rings (SSSR count). The molecule has 12 heteroatoms. The van der Waals surface area contributed by atoms with Gasteiger partial charge in [0.05, 0.1) is 16.9 Å². The Hall–Kier alpha value is -2.63. The van der Waals surface area contributed by atoms with Gasteiger partial charge in [0.25, 0.3) is 5.89 Å². The Morgan fingerprint density at radius 1 is 0.931 bits per heavy atom. The third-order valence-electron chi connectivity index (χ3n) is 3.84. The van der Waals surface area contributed by atoms with E-state index in [2.05, 4.69) is 20.1 Å². The number of halogens is 6. The second-order valence-corrected chi connectivity index (χ2v) is 6.96. The number of aromatic nitrogens is 4. The Balaban J connectivity index is 1.86. The molecule has 1 aromatic carbocycles. The van der Waals surface area contributed by atoms with Crippen LogP contribution in [0.3, 0.4) is 0 Å². The molecule has 2 aromatic heterocycles. The van der Waals surface area contributed by atoms with Crippen LogP contribution in [0.4, 0.5) is 26.3 Å². The summed E-state index contributed by atoms with van der Waals surface area (Å²) >= 11 is 1.15. The first kappa shape index (κ1) is 21.1. The zero-order chi connectivity index (χ0) is 21.4. The highest BCUT2D eigenvalue weighted by atomic mass is 32.2. The van der Waals surface area contributed by atoms with E-state index in [1.165, 1.54) is 0 Å². The van der Waals surface area contributed by atoms with Gasteiger partial charge in [-0.2, -0.15) is 31.3 Å². The lowest BCUT2D eigenvalue weighted by Crippen LogP contribution is -2.11. The standard InChI is InChI=1S/C17H12F6N4OS/c1-8-6-24-15(25-9(8)2)29-7-13-26-14(28-27-13)10-3-11(16(18,19)20)5-12(4-10)17(21,22)23/h3-6H,7H2,1-2H3. The summed E-state index contributed by atoms with van der Waals surface area (Å²) in [5.41, 5.74) is -1.71. The highest BCUT2D eigenvalue weighted by Crippen LogP contribution is 2.38. The van der Waals surface area contributed by atoms with Crippen LogP contribution >= 0.6 is 11.8 Å². The fourth-order valence-corrected chi connectivity index (χ4v) is 2.92. The van der Waals surface area contributed by atoms with Crippen molar-refractivity contribution in [3.05, 3.63) is 52.6 Å². The van der Waals surface area contributed by atoms with Crippen LogP contribution in [-0.2, 0) is 18.1 Å². The number of hydrogen-bond donors (Lipinski definition) is 0. The highest BCUT2D eigenvalue weighted by molar-refractivity contribution is 7.98. The van der Waals surface area contributed by atoms with Crippen molar-refractivity contribution in [1.29, 1.82) is 0 Å². The lowest BCUT2D eigenvalue weighted by atomic mass is 10.0. The third-order valence-corrected chi connectivity index (χ3v) is 4.69. The number of nitrogens with zero attached hydrogens (tertiary/aromatic N) is 4. The zero-order valence-electron chi connectivity index (χ0n) is 14.9. The van der Waals surface area contributed by atoms with Crippen molar-refractivity contribution in [1.82, 2.24) is 20.1 Å². The summed E-state index contributed by atoms with van der Waals surface area (Å²) in [4.78, 5) is 12.3. The maximum atomic E-state index is 13.0. The normalized spacial score (nSPS) is 12.4. The maximum absolute atomic E-state index is 13.0. The van der Waals surface area contributed by atoms with Crippen LogP contribution < -0.4 is 0 Å². The molecule has 0 fully saturated rings. The molecule has 0 saturated carbocycles. The fraction of sp³-hybridized carbons (Fsp3) is 0.294. The summed E-state index contributed by atoms with van der Waals surface area (Å²) in [6, 6.07) is 1.10. The summed E-state index contributed by atoms with van der Waals surface area (Å²) in [7, 11) is 0. The lowest BCUT2D eigenvalue weighted by Gasteiger charge is -2.12. The highest BCUT2D eigenvalue weighted by Gasteiger charge is 2.37. The van der Waals surface area contributed by atoms with E-state index >= 15 is 0 Å². The second kappa shape index (κ2) is 7.65. The zero-order valence-corrected chi connectivity index (χ0v) is 15.7. The minimum Gasteiger partial charge on any atom is -0.334 e. The third kappa shape index (κ3) is 5.05. The molecular formula is C17H12F6N4OS. The van der Waals surface area contributed by atoms with Gasteiger partial charge in [-0.1, -0.05) is 16.9 Å². The van der Waals surface area contributed by atoms with Crippen molar-refractivity contribution < 1.29 is 30.9 Å². The molecule has 0 amide bonds. The Kier molecular flexibility index (Phi) is 5.57. The molecule has 154 valence electrons. The van der Waals surface area contributed by atoms with E-state index in [0.717, 1.165) is 23.0 Å². The van der Waals surface area contributed by atoms with Gasteiger partial charge in [-0.25, -0.2) is 9.97 Å². The molecule has 3 aromatic rings. The van der Waals surface area contributed by atoms with Gasteiger partial charge in [-0.05, 0) is 37.6 Å². The van der Waals surface area contributed by atoms with Gasteiger partial charge in [0, 0.05) is 17.5 Å². The SMILES string of the molecule is Cc1cnc(SCc2noc(-c3cc(C(F)(F)F)cc(C(F)(F)F)c3)n2)nc1C. The van der Waals surface area contributed by atoms with Crippen LogP contribution in [0.5, 0.6) is 0 Å². The lowest BCUT2D eigenvalue weighted by molar-refractivity contribution is -0.143. The Labute approximate surface area is 164 Å². The molecular weight excluding hydrogens is 422 g/mol. The van der Waals surface area contributed by atoms with Gasteiger partial charge >= 0.3 is 12.4 Å². The van der Waals surface area contributed by atoms with Gasteiger partial charge in [0.2, 0.25) is 0 Å². The predicted molar refractivity (Wildman–Crippen MR) is 90.8 cm³/mol. The van der Waals surface area contributed by atoms with E-state index < -0.39 is 34.9 Å². The minimum atomic E-state index is -4.96. The minimum absolute atomic E-state index is 0.0354. The van der Waals surface area contributed by atoms with Crippen LogP contribution in [0, 0.1) is 13.8 Å². The molecule has 0 radical (unpaired) electrons. The van der Waals surface area contributed by atoms with E-state index in [4.69, 9.17) is 4.52 Å². The molecule has 0 spiro atoms. The molecule has 0 bridgehead atoms. The fourth-order valence-electron chi connectivity index (χ4n) is 2.21.